The van der Waals surface area contributed by atoms with Crippen LogP contribution in [0.25, 0.3) is 0 Å². The summed E-state index contributed by atoms with van der Waals surface area (Å²) in [6, 6.07) is 13.7. The highest BCUT2D eigenvalue weighted by Gasteiger charge is 2.26. The van der Waals surface area contributed by atoms with Crippen molar-refractivity contribution in [3.8, 4) is 0 Å². The van der Waals surface area contributed by atoms with Crippen LogP contribution in [0.15, 0.2) is 42.5 Å². The third kappa shape index (κ3) is 8.61. The Morgan fingerprint density at radius 2 is 1.62 bits per heavy atom. The van der Waals surface area contributed by atoms with Gasteiger partial charge in [-0.3, -0.25) is 19.9 Å². The first-order valence-corrected chi connectivity index (χ1v) is 13.5. The average molecular weight is 538 g/mol. The van der Waals surface area contributed by atoms with Gasteiger partial charge in [0.05, 0.1) is 18.7 Å². The minimum absolute atomic E-state index is 0.0163. The number of hydrazine groups is 1. The van der Waals surface area contributed by atoms with Gasteiger partial charge in [-0.1, -0.05) is 44.2 Å². The topological polar surface area (TPSA) is 94.2 Å². The number of anilines is 1. The van der Waals surface area contributed by atoms with Crippen LogP contribution < -0.4 is 15.5 Å². The van der Waals surface area contributed by atoms with Crippen molar-refractivity contribution in [2.75, 3.05) is 38.1 Å². The third-order valence-electron chi connectivity index (χ3n) is 6.49. The number of hydrogen-bond donors (Lipinski definition) is 2. The molecule has 1 aliphatic heterocycles. The van der Waals surface area contributed by atoms with Gasteiger partial charge in [-0.05, 0) is 56.5 Å². The van der Waals surface area contributed by atoms with Gasteiger partial charge in [-0.2, -0.15) is 0 Å². The van der Waals surface area contributed by atoms with E-state index >= 15 is 0 Å². The van der Waals surface area contributed by atoms with Crippen LogP contribution in [0.4, 0.5) is 5.69 Å². The number of ether oxygens (including phenoxy) is 1. The van der Waals surface area contributed by atoms with E-state index in [9.17, 15) is 14.4 Å². The van der Waals surface area contributed by atoms with Crippen molar-refractivity contribution < 1.29 is 19.1 Å². The molecule has 9 nitrogen and oxygen atoms in total. The Balaban J connectivity index is 1.65. The molecule has 39 heavy (non-hydrogen) atoms. The van der Waals surface area contributed by atoms with E-state index in [1.54, 1.807) is 29.1 Å². The molecule has 0 radical (unpaired) electrons. The van der Waals surface area contributed by atoms with Gasteiger partial charge in [-0.15, -0.1) is 0 Å². The summed E-state index contributed by atoms with van der Waals surface area (Å²) in [5.41, 5.74) is 3.71. The SMILES string of the molecule is Cc1ccc(C(=O)OC(C)(C)C)cc1N(CCNC(C)C)C(=O)CNCC(=O)N(C)N1Cc2ccccc2C1. The fourth-order valence-corrected chi connectivity index (χ4v) is 4.38. The van der Waals surface area contributed by atoms with E-state index in [0.717, 1.165) is 5.56 Å². The number of nitrogens with zero attached hydrogens (tertiary/aromatic N) is 3. The summed E-state index contributed by atoms with van der Waals surface area (Å²) in [6.45, 7) is 13.8. The van der Waals surface area contributed by atoms with E-state index in [1.807, 2.05) is 64.8 Å². The Bertz CT molecular complexity index is 1150. The van der Waals surface area contributed by atoms with Crippen molar-refractivity contribution >= 4 is 23.5 Å². The van der Waals surface area contributed by atoms with Crippen LogP contribution in [0, 0.1) is 6.92 Å². The second-order valence-electron chi connectivity index (χ2n) is 11.3. The van der Waals surface area contributed by atoms with Gasteiger partial charge in [0, 0.05) is 45.0 Å². The highest BCUT2D eigenvalue weighted by atomic mass is 16.6. The smallest absolute Gasteiger partial charge is 0.338 e. The van der Waals surface area contributed by atoms with Crippen LogP contribution in [-0.2, 0) is 27.4 Å². The molecular weight excluding hydrogens is 494 g/mol. The quantitative estimate of drug-likeness (QED) is 0.425. The first-order chi connectivity index (χ1) is 18.4. The van der Waals surface area contributed by atoms with Gasteiger partial charge in [0.25, 0.3) is 5.91 Å². The van der Waals surface area contributed by atoms with Gasteiger partial charge < -0.3 is 15.0 Å². The highest BCUT2D eigenvalue weighted by Crippen LogP contribution is 2.24. The van der Waals surface area contributed by atoms with Gasteiger partial charge in [0.1, 0.15) is 5.60 Å². The van der Waals surface area contributed by atoms with Gasteiger partial charge in [-0.25, -0.2) is 9.80 Å². The largest absolute Gasteiger partial charge is 0.456 e. The fourth-order valence-electron chi connectivity index (χ4n) is 4.38. The summed E-state index contributed by atoms with van der Waals surface area (Å²) in [5, 5.41) is 9.98. The Hall–Kier alpha value is -3.27. The standard InChI is InChI=1S/C30H43N5O4/c1-21(2)32-14-15-35(26-16-23(13-12-22(26)3)29(38)39-30(4,5)6)28(37)18-31-17-27(36)33(7)34-19-24-10-8-9-11-25(24)20-34/h8-13,16,21,31-32H,14-15,17-20H2,1-7H3. The molecule has 9 heteroatoms. The minimum Gasteiger partial charge on any atom is -0.456 e. The molecule has 0 unspecified atom stereocenters. The van der Waals surface area contributed by atoms with Crippen molar-refractivity contribution in [1.82, 2.24) is 20.7 Å². The van der Waals surface area contributed by atoms with Gasteiger partial charge in [0.15, 0.2) is 0 Å². The predicted molar refractivity (Wildman–Crippen MR) is 153 cm³/mol. The molecule has 1 heterocycles. The molecule has 0 atom stereocenters. The number of fused-ring (bicyclic) bond motifs is 1. The van der Waals surface area contributed by atoms with Crippen LogP contribution in [0.2, 0.25) is 0 Å². The zero-order valence-electron chi connectivity index (χ0n) is 24.3. The molecular formula is C30H43N5O4. The molecule has 0 saturated carbocycles. The molecule has 0 aromatic heterocycles. The van der Waals surface area contributed by atoms with E-state index in [1.165, 1.54) is 11.1 Å². The second kappa shape index (κ2) is 13.2. The predicted octanol–water partition coefficient (Wildman–Crippen LogP) is 3.26. The molecule has 1 aliphatic rings. The molecule has 2 amide bonds. The summed E-state index contributed by atoms with van der Waals surface area (Å²) in [5.74, 6) is -0.743. The molecule has 0 saturated heterocycles. The van der Waals surface area contributed by atoms with Crippen LogP contribution in [0.5, 0.6) is 0 Å². The number of nitrogens with one attached hydrogen (secondary N) is 2. The number of amides is 2. The number of carbonyl (C=O) groups excluding carboxylic acids is 3. The number of carbonyl (C=O) groups is 3. The number of benzene rings is 2. The Morgan fingerprint density at radius 1 is 1.00 bits per heavy atom. The number of likely N-dealkylation sites (N-methyl/N-ethyl adjacent to an activating group) is 1. The Kier molecular flexibility index (Phi) is 10.2. The lowest BCUT2D eigenvalue weighted by molar-refractivity contribution is -0.145. The molecule has 3 rings (SSSR count). The van der Waals surface area contributed by atoms with Crippen LogP contribution in [-0.4, -0.2) is 72.7 Å². The minimum atomic E-state index is -0.625. The molecule has 2 aromatic rings. The summed E-state index contributed by atoms with van der Waals surface area (Å²) in [4.78, 5) is 40.7. The summed E-state index contributed by atoms with van der Waals surface area (Å²) < 4.78 is 5.53. The number of esters is 1. The third-order valence-corrected chi connectivity index (χ3v) is 6.49. The van der Waals surface area contributed by atoms with E-state index in [-0.39, 0.29) is 30.9 Å². The average Bonchev–Trinajstić information content (AvgIpc) is 3.29. The van der Waals surface area contributed by atoms with Gasteiger partial charge in [0.2, 0.25) is 5.91 Å². The molecule has 0 bridgehead atoms. The van der Waals surface area contributed by atoms with Crippen LogP contribution in [0.3, 0.4) is 0 Å². The molecule has 0 fully saturated rings. The van der Waals surface area contributed by atoms with Crippen molar-refractivity contribution in [3.05, 3.63) is 64.7 Å². The van der Waals surface area contributed by atoms with Crippen molar-refractivity contribution in [3.63, 3.8) is 0 Å². The normalized spacial score (nSPS) is 13.3. The van der Waals surface area contributed by atoms with Crippen molar-refractivity contribution in [1.29, 1.82) is 0 Å². The number of aryl methyl sites for hydroxylation is 1. The van der Waals surface area contributed by atoms with E-state index < -0.39 is 11.6 Å². The summed E-state index contributed by atoms with van der Waals surface area (Å²) in [7, 11) is 1.76. The van der Waals surface area contributed by atoms with E-state index in [0.29, 0.717) is 37.4 Å². The number of rotatable bonds is 11. The maximum absolute atomic E-state index is 13.4. The number of hydrogen-bond acceptors (Lipinski definition) is 7. The van der Waals surface area contributed by atoms with Crippen LogP contribution >= 0.6 is 0 Å². The molecule has 0 spiro atoms. The highest BCUT2D eigenvalue weighted by molar-refractivity contribution is 5.98. The maximum atomic E-state index is 13.4. The Morgan fingerprint density at radius 3 is 2.21 bits per heavy atom. The fraction of sp³-hybridized carbons (Fsp3) is 0.500. The zero-order valence-corrected chi connectivity index (χ0v) is 24.3. The van der Waals surface area contributed by atoms with Crippen LogP contribution in [0.1, 0.15) is 61.7 Å². The van der Waals surface area contributed by atoms with E-state index in [4.69, 9.17) is 4.74 Å². The van der Waals surface area contributed by atoms with Gasteiger partial charge >= 0.3 is 5.97 Å². The maximum Gasteiger partial charge on any atom is 0.338 e. The van der Waals surface area contributed by atoms with Crippen molar-refractivity contribution in [2.24, 2.45) is 0 Å². The molecule has 212 valence electrons. The monoisotopic (exact) mass is 537 g/mol. The molecule has 2 N–H and O–H groups in total. The molecule has 2 aromatic carbocycles. The summed E-state index contributed by atoms with van der Waals surface area (Å²) in [6.07, 6.45) is 0. The zero-order chi connectivity index (χ0) is 28.7. The lowest BCUT2D eigenvalue weighted by Crippen LogP contribution is -2.47. The first-order valence-electron chi connectivity index (χ1n) is 13.5. The first kappa shape index (κ1) is 30.3. The van der Waals surface area contributed by atoms with Crippen molar-refractivity contribution in [2.45, 2.75) is 66.3 Å². The lowest BCUT2D eigenvalue weighted by Gasteiger charge is -2.28. The second-order valence-corrected chi connectivity index (χ2v) is 11.3. The Labute approximate surface area is 232 Å². The lowest BCUT2D eigenvalue weighted by atomic mass is 10.1. The van der Waals surface area contributed by atoms with E-state index in [2.05, 4.69) is 22.8 Å². The molecule has 0 aliphatic carbocycles. The summed E-state index contributed by atoms with van der Waals surface area (Å²) >= 11 is 0.